The predicted molar refractivity (Wildman–Crippen MR) is 96.1 cm³/mol. The lowest BCUT2D eigenvalue weighted by atomic mass is 9.77. The van der Waals surface area contributed by atoms with Crippen molar-refractivity contribution in [3.05, 3.63) is 23.8 Å². The molecule has 1 fully saturated rings. The third kappa shape index (κ3) is 5.09. The van der Waals surface area contributed by atoms with Gasteiger partial charge in [0.15, 0.2) is 6.61 Å². The van der Waals surface area contributed by atoms with Gasteiger partial charge in [0.05, 0.1) is 11.2 Å². The predicted octanol–water partition coefficient (Wildman–Crippen LogP) is 3.20. The fourth-order valence-corrected chi connectivity index (χ4v) is 3.18. The van der Waals surface area contributed by atoms with Gasteiger partial charge in [0.25, 0.3) is 0 Å². The minimum Gasteiger partial charge on any atom is -0.616 e. The highest BCUT2D eigenvalue weighted by Crippen LogP contribution is 2.37. The lowest BCUT2D eigenvalue weighted by Gasteiger charge is -2.32. The molecule has 0 bridgehead atoms. The van der Waals surface area contributed by atoms with Crippen LogP contribution < -0.4 is 10.2 Å². The normalized spacial score (nSPS) is 20.3. The summed E-state index contributed by atoms with van der Waals surface area (Å²) in [6, 6.07) is 4.73. The second kappa shape index (κ2) is 7.62. The smallest absolute Gasteiger partial charge is 0.498 e. The number of benzene rings is 1. The van der Waals surface area contributed by atoms with E-state index in [1.165, 1.54) is 6.07 Å². The van der Waals surface area contributed by atoms with E-state index in [4.69, 9.17) is 14.0 Å². The van der Waals surface area contributed by atoms with E-state index in [2.05, 4.69) is 0 Å². The molecule has 1 aliphatic heterocycles. The van der Waals surface area contributed by atoms with Gasteiger partial charge < -0.3 is 18.6 Å². The highest BCUT2D eigenvalue weighted by molar-refractivity contribution is 7.90. The van der Waals surface area contributed by atoms with Gasteiger partial charge in [-0.2, -0.15) is 13.2 Å². The van der Waals surface area contributed by atoms with Crippen LogP contribution in [0.3, 0.4) is 0 Å². The van der Waals surface area contributed by atoms with Gasteiger partial charge in [-0.25, -0.2) is 0 Å². The molecule has 0 radical (unpaired) electrons. The zero-order valence-electron chi connectivity index (χ0n) is 15.6. The molecule has 1 aromatic carbocycles. The molecule has 0 spiro atoms. The molecule has 0 saturated carbocycles. The van der Waals surface area contributed by atoms with Crippen molar-refractivity contribution in [2.45, 2.75) is 57.7 Å². The molecule has 1 saturated heterocycles. The Balaban J connectivity index is 2.34. The molecule has 9 heteroatoms. The lowest BCUT2D eigenvalue weighted by Crippen LogP contribution is -2.41. The van der Waals surface area contributed by atoms with Crippen molar-refractivity contribution in [1.82, 2.24) is 0 Å². The molecule has 1 heterocycles. The second-order valence-electron chi connectivity index (χ2n) is 7.24. The highest BCUT2D eigenvalue weighted by atomic mass is 32.2. The van der Waals surface area contributed by atoms with Crippen LogP contribution in [0.2, 0.25) is 0 Å². The van der Waals surface area contributed by atoms with Crippen LogP contribution >= 0.6 is 0 Å². The summed E-state index contributed by atoms with van der Waals surface area (Å²) in [6.45, 7) is 7.85. The molecule has 0 N–H and O–H groups in total. The van der Waals surface area contributed by atoms with Crippen molar-refractivity contribution in [1.29, 1.82) is 0 Å². The van der Waals surface area contributed by atoms with E-state index in [1.807, 2.05) is 34.6 Å². The van der Waals surface area contributed by atoms with Crippen LogP contribution in [0, 0.1) is 0 Å². The van der Waals surface area contributed by atoms with Crippen molar-refractivity contribution in [2.75, 3.05) is 12.4 Å². The van der Waals surface area contributed by atoms with E-state index in [1.54, 1.807) is 12.1 Å². The maximum absolute atomic E-state index is 12.6. The van der Waals surface area contributed by atoms with Gasteiger partial charge in [-0.1, -0.05) is 12.1 Å². The zero-order chi connectivity index (χ0) is 19.8. The third-order valence-corrected chi connectivity index (χ3v) is 5.92. The minimum atomic E-state index is -4.45. The van der Waals surface area contributed by atoms with Gasteiger partial charge in [0.1, 0.15) is 17.3 Å². The topological polar surface area (TPSA) is 50.8 Å². The molecule has 26 heavy (non-hydrogen) atoms. The number of ether oxygens (including phenoxy) is 1. The largest absolute Gasteiger partial charge is 0.616 e. The van der Waals surface area contributed by atoms with Crippen LogP contribution in [-0.4, -0.2) is 41.4 Å². The van der Waals surface area contributed by atoms with Crippen LogP contribution in [0.5, 0.6) is 5.75 Å². The zero-order valence-corrected chi connectivity index (χ0v) is 16.4. The van der Waals surface area contributed by atoms with Crippen LogP contribution in [0.15, 0.2) is 18.2 Å². The Bertz CT molecular complexity index is 621. The Morgan fingerprint density at radius 1 is 1.15 bits per heavy atom. The van der Waals surface area contributed by atoms with Gasteiger partial charge in [-0.05, 0) is 51.9 Å². The summed E-state index contributed by atoms with van der Waals surface area (Å²) in [4.78, 5) is 0. The van der Waals surface area contributed by atoms with Crippen LogP contribution in [-0.2, 0) is 26.2 Å². The summed E-state index contributed by atoms with van der Waals surface area (Å²) < 4.78 is 66.4. The number of halogens is 3. The maximum atomic E-state index is 12.6. The summed E-state index contributed by atoms with van der Waals surface area (Å²) in [5.41, 5.74) is -0.171. The van der Waals surface area contributed by atoms with Crippen LogP contribution in [0.1, 0.15) is 40.2 Å². The summed E-state index contributed by atoms with van der Waals surface area (Å²) in [6.07, 6.45) is -4.45. The van der Waals surface area contributed by atoms with Gasteiger partial charge in [0.2, 0.25) is 0 Å². The number of hydrogen-bond acceptors (Lipinski definition) is 4. The SMILES string of the molecule is CC[S+]([O-])Cc1ccc(OCC(F)(F)F)c(B2OC(C)(C)C(C)(C)O2)c1. The fourth-order valence-electron chi connectivity index (χ4n) is 2.42. The molecule has 0 aromatic heterocycles. The minimum absolute atomic E-state index is 0.0480. The number of rotatable bonds is 6. The van der Waals surface area contributed by atoms with Gasteiger partial charge >= 0.3 is 13.3 Å². The molecule has 146 valence electrons. The molecule has 1 unspecified atom stereocenters. The quantitative estimate of drug-likeness (QED) is 0.551. The van der Waals surface area contributed by atoms with Crippen molar-refractivity contribution < 1.29 is 31.8 Å². The molecule has 1 aliphatic rings. The third-order valence-electron chi connectivity index (χ3n) is 4.62. The average Bonchev–Trinajstić information content (AvgIpc) is 2.73. The standard InChI is InChI=1S/C17H24BF3O4S/c1-6-26(22)10-12-7-8-14(23-11-17(19,20)21)13(9-12)18-24-15(2,3)16(4,5)25-18/h7-9H,6,10-11H2,1-5H3. The molecule has 2 rings (SSSR count). The van der Waals surface area contributed by atoms with E-state index in [9.17, 15) is 17.7 Å². The highest BCUT2D eigenvalue weighted by Gasteiger charge is 2.52. The van der Waals surface area contributed by atoms with Crippen molar-refractivity contribution in [3.63, 3.8) is 0 Å². The molecule has 4 nitrogen and oxygen atoms in total. The molecule has 0 amide bonds. The lowest BCUT2D eigenvalue weighted by molar-refractivity contribution is -0.153. The first-order valence-corrected chi connectivity index (χ1v) is 9.86. The molecule has 1 atom stereocenters. The van der Waals surface area contributed by atoms with E-state index < -0.39 is 42.3 Å². The fraction of sp³-hybridized carbons (Fsp3) is 0.647. The van der Waals surface area contributed by atoms with Gasteiger partial charge in [-0.15, -0.1) is 0 Å². The maximum Gasteiger partial charge on any atom is 0.498 e. The van der Waals surface area contributed by atoms with E-state index in [0.717, 1.165) is 5.56 Å². The van der Waals surface area contributed by atoms with Crippen molar-refractivity contribution in [3.8, 4) is 5.75 Å². The second-order valence-corrected chi connectivity index (χ2v) is 8.98. The summed E-state index contributed by atoms with van der Waals surface area (Å²) in [5, 5.41) is 0. The van der Waals surface area contributed by atoms with Gasteiger partial charge in [-0.3, -0.25) is 0 Å². The average molecular weight is 392 g/mol. The monoisotopic (exact) mass is 392 g/mol. The summed E-state index contributed by atoms with van der Waals surface area (Å²) >= 11 is -1.05. The van der Waals surface area contributed by atoms with Gasteiger partial charge in [0, 0.05) is 11.0 Å². The summed E-state index contributed by atoms with van der Waals surface area (Å²) in [5.74, 6) is 0.854. The molecular formula is C17H24BF3O4S. The Labute approximate surface area is 155 Å². The molecule has 0 aliphatic carbocycles. The van der Waals surface area contributed by atoms with E-state index >= 15 is 0 Å². The molecule has 1 aromatic rings. The summed E-state index contributed by atoms with van der Waals surface area (Å²) in [7, 11) is -0.863. The Kier molecular flexibility index (Phi) is 6.27. The van der Waals surface area contributed by atoms with Crippen molar-refractivity contribution >= 4 is 23.8 Å². The first-order chi connectivity index (χ1) is 11.8. The first kappa shape index (κ1) is 21.4. The van der Waals surface area contributed by atoms with E-state index in [-0.39, 0.29) is 5.75 Å². The number of hydrogen-bond donors (Lipinski definition) is 0. The number of alkyl halides is 3. The van der Waals surface area contributed by atoms with E-state index in [0.29, 0.717) is 17.0 Å². The Morgan fingerprint density at radius 3 is 2.23 bits per heavy atom. The molecular weight excluding hydrogens is 368 g/mol. The Hall–Kier alpha value is -0.895. The first-order valence-electron chi connectivity index (χ1n) is 8.37. The Morgan fingerprint density at radius 2 is 1.73 bits per heavy atom. The van der Waals surface area contributed by atoms with Crippen LogP contribution in [0.4, 0.5) is 13.2 Å². The van der Waals surface area contributed by atoms with Crippen molar-refractivity contribution in [2.24, 2.45) is 0 Å². The van der Waals surface area contributed by atoms with Crippen LogP contribution in [0.25, 0.3) is 0 Å².